The topological polar surface area (TPSA) is 84.1 Å². The Hall–Kier alpha value is -1.50. The van der Waals surface area contributed by atoms with Gasteiger partial charge in [0.2, 0.25) is 6.41 Å². The van der Waals surface area contributed by atoms with Crippen LogP contribution in [0.1, 0.15) is 0 Å². The molecule has 82 valence electrons. The van der Waals surface area contributed by atoms with E-state index < -0.39 is 0 Å². The van der Waals surface area contributed by atoms with E-state index in [0.29, 0.717) is 23.1 Å². The van der Waals surface area contributed by atoms with Crippen LogP contribution in [0.15, 0.2) is 5.16 Å². The molecule has 0 aromatic carbocycles. The van der Waals surface area contributed by atoms with Gasteiger partial charge in [-0.15, -0.1) is 0 Å². The van der Waals surface area contributed by atoms with Gasteiger partial charge in [0.05, 0.1) is 0 Å². The molecule has 0 saturated heterocycles. The fraction of sp³-hybridized carbons (Fsp3) is 0.375. The van der Waals surface area contributed by atoms with Gasteiger partial charge in [0.15, 0.2) is 16.8 Å². The third-order valence-corrected chi connectivity index (χ3v) is 2.25. The molecule has 6 nitrogen and oxygen atoms in total. The Morgan fingerprint density at radius 1 is 1.47 bits per heavy atom. The Labute approximate surface area is 92.3 Å². The van der Waals surface area contributed by atoms with E-state index in [2.05, 4.69) is 15.3 Å². The number of nitrogen functional groups attached to an aromatic ring is 1. The van der Waals surface area contributed by atoms with Gasteiger partial charge in [-0.2, -0.15) is 0 Å². The molecule has 0 aliphatic rings. The van der Waals surface area contributed by atoms with Crippen LogP contribution in [-0.4, -0.2) is 36.7 Å². The van der Waals surface area contributed by atoms with Crippen LogP contribution in [-0.2, 0) is 4.79 Å². The van der Waals surface area contributed by atoms with Crippen LogP contribution in [0.2, 0.25) is 0 Å². The minimum atomic E-state index is 0.269. The van der Waals surface area contributed by atoms with Crippen molar-refractivity contribution in [1.29, 1.82) is 0 Å². The fourth-order valence-corrected chi connectivity index (χ4v) is 1.42. The molecule has 0 spiro atoms. The van der Waals surface area contributed by atoms with Crippen molar-refractivity contribution in [2.45, 2.75) is 5.16 Å². The molecule has 1 aromatic rings. The van der Waals surface area contributed by atoms with Crippen LogP contribution < -0.4 is 16.0 Å². The van der Waals surface area contributed by atoms with Crippen molar-refractivity contribution < 1.29 is 4.79 Å². The maximum Gasteiger partial charge on any atom is 0.211 e. The second-order valence-corrected chi connectivity index (χ2v) is 3.72. The van der Waals surface area contributed by atoms with Gasteiger partial charge in [0.1, 0.15) is 5.69 Å². The van der Waals surface area contributed by atoms with Gasteiger partial charge in [0, 0.05) is 14.1 Å². The largest absolute Gasteiger partial charge is 0.382 e. The van der Waals surface area contributed by atoms with Crippen molar-refractivity contribution in [2.24, 2.45) is 0 Å². The predicted molar refractivity (Wildman–Crippen MR) is 62.2 cm³/mol. The highest BCUT2D eigenvalue weighted by molar-refractivity contribution is 7.98. The number of hydrogen-bond acceptors (Lipinski definition) is 6. The Kier molecular flexibility index (Phi) is 3.73. The SMILES string of the molecule is CSc1nc(N)c(NC=O)c(N(C)C)n1. The normalized spacial score (nSPS) is 9.80. The molecule has 1 rings (SSSR count). The average Bonchev–Trinajstić information content (AvgIpc) is 2.20. The number of anilines is 3. The molecule has 3 N–H and O–H groups in total. The third-order valence-electron chi connectivity index (χ3n) is 1.71. The number of thioether (sulfide) groups is 1. The molecular formula is C8H13N5OS. The van der Waals surface area contributed by atoms with Crippen molar-refractivity contribution in [2.75, 3.05) is 36.3 Å². The lowest BCUT2D eigenvalue weighted by Crippen LogP contribution is -2.16. The Bertz CT molecular complexity index is 368. The van der Waals surface area contributed by atoms with E-state index in [1.54, 1.807) is 4.90 Å². The summed E-state index contributed by atoms with van der Waals surface area (Å²) >= 11 is 1.40. The third kappa shape index (κ3) is 2.50. The molecule has 1 aromatic heterocycles. The predicted octanol–water partition coefficient (Wildman–Crippen LogP) is 0.415. The minimum Gasteiger partial charge on any atom is -0.382 e. The molecule has 0 bridgehead atoms. The van der Waals surface area contributed by atoms with E-state index >= 15 is 0 Å². The summed E-state index contributed by atoms with van der Waals surface area (Å²) in [5.74, 6) is 0.865. The standard InChI is InChI=1S/C8H13N5OS/c1-13(2)7-5(10-4-14)6(9)11-8(12-7)15-3/h4H,1-3H3,(H,10,14)(H2,9,11,12). The number of nitrogens with zero attached hydrogens (tertiary/aromatic N) is 3. The van der Waals surface area contributed by atoms with Crippen LogP contribution in [0.3, 0.4) is 0 Å². The van der Waals surface area contributed by atoms with E-state index in [0.717, 1.165) is 0 Å². The van der Waals surface area contributed by atoms with Crippen molar-refractivity contribution in [3.05, 3.63) is 0 Å². The monoisotopic (exact) mass is 227 g/mol. The molecule has 0 atom stereocenters. The van der Waals surface area contributed by atoms with Gasteiger partial charge in [-0.3, -0.25) is 4.79 Å². The smallest absolute Gasteiger partial charge is 0.211 e. The maximum atomic E-state index is 10.4. The highest BCUT2D eigenvalue weighted by Crippen LogP contribution is 2.28. The molecule has 0 unspecified atom stereocenters. The van der Waals surface area contributed by atoms with E-state index in [-0.39, 0.29) is 5.82 Å². The zero-order chi connectivity index (χ0) is 11.4. The number of rotatable bonds is 4. The number of nitrogens with one attached hydrogen (secondary N) is 1. The summed E-state index contributed by atoms with van der Waals surface area (Å²) in [4.78, 5) is 20.5. The van der Waals surface area contributed by atoms with Crippen LogP contribution in [0.5, 0.6) is 0 Å². The van der Waals surface area contributed by atoms with Crippen molar-refractivity contribution in [3.63, 3.8) is 0 Å². The minimum absolute atomic E-state index is 0.269. The van der Waals surface area contributed by atoms with Crippen LogP contribution >= 0.6 is 11.8 Å². The van der Waals surface area contributed by atoms with Crippen molar-refractivity contribution in [1.82, 2.24) is 9.97 Å². The number of nitrogens with two attached hydrogens (primary N) is 1. The van der Waals surface area contributed by atoms with Gasteiger partial charge >= 0.3 is 0 Å². The average molecular weight is 227 g/mol. The summed E-state index contributed by atoms with van der Waals surface area (Å²) in [6, 6.07) is 0. The van der Waals surface area contributed by atoms with E-state index in [4.69, 9.17) is 5.73 Å². The Balaban J connectivity index is 3.28. The van der Waals surface area contributed by atoms with Crippen LogP contribution in [0.25, 0.3) is 0 Å². The van der Waals surface area contributed by atoms with Crippen molar-refractivity contribution in [3.8, 4) is 0 Å². The first kappa shape index (κ1) is 11.6. The van der Waals surface area contributed by atoms with Gasteiger partial charge in [-0.1, -0.05) is 11.8 Å². The Morgan fingerprint density at radius 2 is 2.13 bits per heavy atom. The van der Waals surface area contributed by atoms with E-state index in [1.165, 1.54) is 11.8 Å². The first-order valence-corrected chi connectivity index (χ1v) is 5.41. The number of carbonyl (C=O) groups is 1. The van der Waals surface area contributed by atoms with Gasteiger partial charge in [-0.05, 0) is 6.26 Å². The molecule has 0 radical (unpaired) electrons. The Morgan fingerprint density at radius 3 is 2.60 bits per heavy atom. The molecule has 7 heteroatoms. The summed E-state index contributed by atoms with van der Waals surface area (Å²) < 4.78 is 0. The highest BCUT2D eigenvalue weighted by Gasteiger charge is 2.13. The van der Waals surface area contributed by atoms with Gasteiger partial charge in [-0.25, -0.2) is 9.97 Å². The first-order chi connectivity index (χ1) is 7.10. The lowest BCUT2D eigenvalue weighted by Gasteiger charge is -2.17. The molecule has 15 heavy (non-hydrogen) atoms. The first-order valence-electron chi connectivity index (χ1n) is 4.19. The summed E-state index contributed by atoms with van der Waals surface area (Å²) in [6.07, 6.45) is 2.42. The van der Waals surface area contributed by atoms with Gasteiger partial charge in [0.25, 0.3) is 0 Å². The lowest BCUT2D eigenvalue weighted by atomic mass is 10.4. The number of aromatic nitrogens is 2. The number of hydrogen-bond donors (Lipinski definition) is 2. The lowest BCUT2D eigenvalue weighted by molar-refractivity contribution is -0.105. The van der Waals surface area contributed by atoms with Crippen LogP contribution in [0, 0.1) is 0 Å². The molecular weight excluding hydrogens is 214 g/mol. The highest BCUT2D eigenvalue weighted by atomic mass is 32.2. The van der Waals surface area contributed by atoms with Gasteiger partial charge < -0.3 is 16.0 Å². The molecule has 1 heterocycles. The molecule has 0 fully saturated rings. The molecule has 0 aliphatic heterocycles. The zero-order valence-electron chi connectivity index (χ0n) is 8.81. The number of amides is 1. The summed E-state index contributed by atoms with van der Waals surface area (Å²) in [7, 11) is 3.64. The van der Waals surface area contributed by atoms with Crippen LogP contribution in [0.4, 0.5) is 17.3 Å². The molecule has 1 amide bonds. The fourth-order valence-electron chi connectivity index (χ4n) is 1.06. The molecule has 0 saturated carbocycles. The maximum absolute atomic E-state index is 10.4. The van der Waals surface area contributed by atoms with E-state index in [1.807, 2.05) is 20.4 Å². The quantitative estimate of drug-likeness (QED) is 0.440. The summed E-state index contributed by atoms with van der Waals surface area (Å²) in [5.41, 5.74) is 6.15. The molecule has 0 aliphatic carbocycles. The van der Waals surface area contributed by atoms with Crippen molar-refractivity contribution >= 4 is 35.5 Å². The second-order valence-electron chi connectivity index (χ2n) is 2.95. The zero-order valence-corrected chi connectivity index (χ0v) is 9.63. The summed E-state index contributed by atoms with van der Waals surface area (Å²) in [5, 5.41) is 3.07. The van der Waals surface area contributed by atoms with E-state index in [9.17, 15) is 4.79 Å². The summed E-state index contributed by atoms with van der Waals surface area (Å²) in [6.45, 7) is 0. The number of carbonyl (C=O) groups excluding carboxylic acids is 1. The second kappa shape index (κ2) is 4.83.